The molecule has 0 aliphatic carbocycles. The number of hydrogen-bond donors (Lipinski definition) is 3. The summed E-state index contributed by atoms with van der Waals surface area (Å²) in [5.41, 5.74) is 0.941. The summed E-state index contributed by atoms with van der Waals surface area (Å²) in [6, 6.07) is 19.4. The Labute approximate surface area is 201 Å². The van der Waals surface area contributed by atoms with E-state index in [1.807, 2.05) is 0 Å². The number of hydrogen-bond acceptors (Lipinski definition) is 5. The molecule has 33 heavy (non-hydrogen) atoms. The van der Waals surface area contributed by atoms with Crippen LogP contribution in [0.2, 0.25) is 0 Å². The van der Waals surface area contributed by atoms with Gasteiger partial charge in [-0.2, -0.15) is 0 Å². The average Bonchev–Trinajstić information content (AvgIpc) is 2.82. The highest BCUT2D eigenvalue weighted by atomic mass is 79.9. The Bertz CT molecular complexity index is 1280. The number of carbonyl (C=O) groups excluding carboxylic acids is 2. The number of halogens is 1. The number of carbonyl (C=O) groups is 2. The van der Waals surface area contributed by atoms with Gasteiger partial charge < -0.3 is 16.0 Å². The number of benzene rings is 3. The molecule has 0 fully saturated rings. The molecule has 7 nitrogen and oxygen atoms in total. The van der Waals surface area contributed by atoms with Crippen LogP contribution in [0.5, 0.6) is 0 Å². The van der Waals surface area contributed by atoms with Crippen LogP contribution in [0.3, 0.4) is 0 Å². The van der Waals surface area contributed by atoms with Crippen molar-refractivity contribution in [1.82, 2.24) is 5.32 Å². The summed E-state index contributed by atoms with van der Waals surface area (Å²) in [5, 5.41) is 8.26. The summed E-state index contributed by atoms with van der Waals surface area (Å²) < 4.78 is 26.9. The third kappa shape index (κ3) is 6.09. The molecule has 3 aromatic rings. The number of para-hydroxylation sites is 1. The van der Waals surface area contributed by atoms with Gasteiger partial charge in [-0.05, 0) is 42.5 Å². The third-order valence-corrected chi connectivity index (χ3v) is 6.88. The standard InChI is InChI=1S/C24H22BrN3O4S/c1-2-14-26-24(30)19-10-6-7-11-20(19)28-23(29)16-27-21-13-12-17(25)15-22(21)33(31,32)18-8-4-3-5-9-18/h2-13,15,27H,1,14,16H2,(H,26,30)(H,28,29). The fourth-order valence-corrected chi connectivity index (χ4v) is 5.01. The molecule has 0 spiro atoms. The van der Waals surface area contributed by atoms with Gasteiger partial charge in [-0.15, -0.1) is 6.58 Å². The van der Waals surface area contributed by atoms with Crippen LogP contribution in [0.15, 0.2) is 99.7 Å². The summed E-state index contributed by atoms with van der Waals surface area (Å²) >= 11 is 3.31. The van der Waals surface area contributed by atoms with Gasteiger partial charge in [0.05, 0.1) is 33.3 Å². The van der Waals surface area contributed by atoms with E-state index in [0.717, 1.165) is 0 Å². The highest BCUT2D eigenvalue weighted by Gasteiger charge is 2.22. The zero-order chi connectivity index (χ0) is 23.8. The molecule has 0 radical (unpaired) electrons. The SMILES string of the molecule is C=CCNC(=O)c1ccccc1NC(=O)CNc1ccc(Br)cc1S(=O)(=O)c1ccccc1. The lowest BCUT2D eigenvalue weighted by Gasteiger charge is -2.14. The first-order valence-corrected chi connectivity index (χ1v) is 12.2. The van der Waals surface area contributed by atoms with E-state index in [0.29, 0.717) is 22.3 Å². The molecule has 3 aromatic carbocycles. The van der Waals surface area contributed by atoms with Crippen LogP contribution < -0.4 is 16.0 Å². The topological polar surface area (TPSA) is 104 Å². The second-order valence-corrected chi connectivity index (χ2v) is 9.74. The largest absolute Gasteiger partial charge is 0.375 e. The van der Waals surface area contributed by atoms with E-state index in [1.54, 1.807) is 60.7 Å². The van der Waals surface area contributed by atoms with Gasteiger partial charge in [0.15, 0.2) is 0 Å². The molecule has 2 amide bonds. The molecule has 0 aliphatic rings. The van der Waals surface area contributed by atoms with E-state index >= 15 is 0 Å². The van der Waals surface area contributed by atoms with Gasteiger partial charge in [0.1, 0.15) is 0 Å². The smallest absolute Gasteiger partial charge is 0.253 e. The van der Waals surface area contributed by atoms with E-state index in [4.69, 9.17) is 0 Å². The summed E-state index contributed by atoms with van der Waals surface area (Å²) in [6.45, 7) is 3.65. The normalized spacial score (nSPS) is 10.8. The summed E-state index contributed by atoms with van der Waals surface area (Å²) in [5.74, 6) is -0.784. The maximum Gasteiger partial charge on any atom is 0.253 e. The van der Waals surface area contributed by atoms with E-state index in [9.17, 15) is 18.0 Å². The molecule has 0 aromatic heterocycles. The average molecular weight is 528 g/mol. The molecular formula is C24H22BrN3O4S. The van der Waals surface area contributed by atoms with E-state index in [1.165, 1.54) is 18.2 Å². The van der Waals surface area contributed by atoms with Gasteiger partial charge in [0.25, 0.3) is 5.91 Å². The molecule has 3 rings (SSSR count). The molecule has 0 saturated heterocycles. The molecule has 0 heterocycles. The highest BCUT2D eigenvalue weighted by molar-refractivity contribution is 9.10. The minimum atomic E-state index is -3.81. The summed E-state index contributed by atoms with van der Waals surface area (Å²) in [7, 11) is -3.81. The van der Waals surface area contributed by atoms with Crippen LogP contribution in [0.4, 0.5) is 11.4 Å². The Morgan fingerprint density at radius 2 is 1.64 bits per heavy atom. The molecule has 3 N–H and O–H groups in total. The zero-order valence-electron chi connectivity index (χ0n) is 17.5. The van der Waals surface area contributed by atoms with Crippen molar-refractivity contribution in [3.63, 3.8) is 0 Å². The van der Waals surface area contributed by atoms with Crippen molar-refractivity contribution < 1.29 is 18.0 Å². The first-order valence-electron chi connectivity index (χ1n) is 9.94. The quantitative estimate of drug-likeness (QED) is 0.361. The number of anilines is 2. The van der Waals surface area contributed by atoms with Gasteiger partial charge in [0.2, 0.25) is 15.7 Å². The number of nitrogens with one attached hydrogen (secondary N) is 3. The predicted octanol–water partition coefficient (Wildman–Crippen LogP) is 4.25. The van der Waals surface area contributed by atoms with Gasteiger partial charge in [-0.25, -0.2) is 8.42 Å². The second-order valence-electron chi connectivity index (χ2n) is 6.90. The van der Waals surface area contributed by atoms with Crippen molar-refractivity contribution in [2.75, 3.05) is 23.7 Å². The van der Waals surface area contributed by atoms with Crippen molar-refractivity contribution in [3.05, 3.63) is 95.5 Å². The van der Waals surface area contributed by atoms with Gasteiger partial charge in [0, 0.05) is 11.0 Å². The van der Waals surface area contributed by atoms with Crippen molar-refractivity contribution in [2.45, 2.75) is 9.79 Å². The Kier molecular flexibility index (Phi) is 8.02. The lowest BCUT2D eigenvalue weighted by Crippen LogP contribution is -2.27. The van der Waals surface area contributed by atoms with Crippen LogP contribution in [0.1, 0.15) is 10.4 Å². The Balaban J connectivity index is 1.77. The number of amides is 2. The first kappa shape index (κ1) is 24.2. The summed E-state index contributed by atoms with van der Waals surface area (Å²) in [4.78, 5) is 25.1. The fraction of sp³-hybridized carbons (Fsp3) is 0.0833. The molecule has 0 bridgehead atoms. The maximum absolute atomic E-state index is 13.1. The maximum atomic E-state index is 13.1. The van der Waals surface area contributed by atoms with Crippen LogP contribution in [0.25, 0.3) is 0 Å². The van der Waals surface area contributed by atoms with Gasteiger partial charge in [-0.3, -0.25) is 9.59 Å². The molecule has 0 unspecified atom stereocenters. The molecule has 9 heteroatoms. The second kappa shape index (κ2) is 10.9. The van der Waals surface area contributed by atoms with Crippen LogP contribution in [-0.2, 0) is 14.6 Å². The number of sulfone groups is 1. The molecule has 0 saturated carbocycles. The fourth-order valence-electron chi connectivity index (χ4n) is 3.01. The molecule has 0 aliphatic heterocycles. The molecule has 0 atom stereocenters. The lowest BCUT2D eigenvalue weighted by atomic mass is 10.1. The van der Waals surface area contributed by atoms with E-state index < -0.39 is 15.7 Å². The first-order chi connectivity index (χ1) is 15.8. The van der Waals surface area contributed by atoms with Crippen LogP contribution >= 0.6 is 15.9 Å². The monoisotopic (exact) mass is 527 g/mol. The Hall–Kier alpha value is -3.43. The van der Waals surface area contributed by atoms with Gasteiger partial charge >= 0.3 is 0 Å². The summed E-state index contributed by atoms with van der Waals surface area (Å²) in [6.07, 6.45) is 1.56. The van der Waals surface area contributed by atoms with Crippen LogP contribution in [-0.4, -0.2) is 33.3 Å². The van der Waals surface area contributed by atoms with E-state index in [-0.39, 0.29) is 27.9 Å². The molecule has 170 valence electrons. The predicted molar refractivity (Wildman–Crippen MR) is 132 cm³/mol. The highest BCUT2D eigenvalue weighted by Crippen LogP contribution is 2.30. The van der Waals surface area contributed by atoms with Crippen molar-refractivity contribution >= 4 is 49.0 Å². The lowest BCUT2D eigenvalue weighted by molar-refractivity contribution is -0.114. The van der Waals surface area contributed by atoms with Crippen molar-refractivity contribution in [1.29, 1.82) is 0 Å². The zero-order valence-corrected chi connectivity index (χ0v) is 19.9. The Morgan fingerprint density at radius 3 is 2.36 bits per heavy atom. The van der Waals surface area contributed by atoms with Gasteiger partial charge in [-0.1, -0.05) is 52.3 Å². The number of rotatable bonds is 9. The Morgan fingerprint density at radius 1 is 0.939 bits per heavy atom. The van der Waals surface area contributed by atoms with E-state index in [2.05, 4.69) is 38.5 Å². The van der Waals surface area contributed by atoms with Crippen molar-refractivity contribution in [2.24, 2.45) is 0 Å². The van der Waals surface area contributed by atoms with Crippen LogP contribution in [0, 0.1) is 0 Å². The minimum Gasteiger partial charge on any atom is -0.375 e. The molecular weight excluding hydrogens is 506 g/mol. The third-order valence-electron chi connectivity index (χ3n) is 4.58. The minimum absolute atomic E-state index is 0.0417. The van der Waals surface area contributed by atoms with Crippen molar-refractivity contribution in [3.8, 4) is 0 Å².